The van der Waals surface area contributed by atoms with E-state index in [1.54, 1.807) is 0 Å². The van der Waals surface area contributed by atoms with Crippen molar-refractivity contribution >= 4 is 21.6 Å². The first kappa shape index (κ1) is 15.7. The van der Waals surface area contributed by atoms with Crippen LogP contribution in [0.25, 0.3) is 0 Å². The molecule has 1 unspecified atom stereocenters. The highest BCUT2D eigenvalue weighted by Crippen LogP contribution is 2.30. The maximum atomic E-state index is 13.7. The molecule has 0 radical (unpaired) electrons. The zero-order chi connectivity index (χ0) is 14.8. The minimum atomic E-state index is -4.00. The summed E-state index contributed by atoms with van der Waals surface area (Å²) in [6.45, 7) is 0.339. The number of rotatable bonds is 5. The summed E-state index contributed by atoms with van der Waals surface area (Å²) in [5, 5.41) is 0. The third kappa shape index (κ3) is 3.13. The van der Waals surface area contributed by atoms with Gasteiger partial charge in [0.05, 0.1) is 0 Å². The van der Waals surface area contributed by atoms with Gasteiger partial charge in [-0.05, 0) is 43.9 Å². The Labute approximate surface area is 122 Å². The Bertz CT molecular complexity index is 580. The SMILES string of the molecule is O=S(=O)(c1cc(F)ccc1F)N1CCCC1CCCCl. The van der Waals surface area contributed by atoms with Crippen molar-refractivity contribution in [1.82, 2.24) is 4.31 Å². The van der Waals surface area contributed by atoms with E-state index >= 15 is 0 Å². The molecule has 1 aliphatic heterocycles. The molecule has 112 valence electrons. The number of sulfonamides is 1. The molecule has 0 N–H and O–H groups in total. The van der Waals surface area contributed by atoms with Gasteiger partial charge in [-0.2, -0.15) is 4.31 Å². The van der Waals surface area contributed by atoms with Gasteiger partial charge in [0.15, 0.2) is 0 Å². The standard InChI is InChI=1S/C13H16ClF2NO2S/c14-7-1-3-11-4-2-8-17(11)20(18,19)13-9-10(15)5-6-12(13)16/h5-6,9,11H,1-4,7-8H2. The van der Waals surface area contributed by atoms with E-state index in [-0.39, 0.29) is 6.04 Å². The summed E-state index contributed by atoms with van der Waals surface area (Å²) in [6, 6.07) is 2.30. The van der Waals surface area contributed by atoms with E-state index in [1.807, 2.05) is 0 Å². The van der Waals surface area contributed by atoms with Crippen LogP contribution in [-0.4, -0.2) is 31.2 Å². The molecular weight excluding hydrogens is 308 g/mol. The summed E-state index contributed by atoms with van der Waals surface area (Å²) >= 11 is 5.63. The van der Waals surface area contributed by atoms with Crippen molar-refractivity contribution in [2.24, 2.45) is 0 Å². The molecule has 0 aromatic heterocycles. The van der Waals surface area contributed by atoms with Crippen molar-refractivity contribution in [3.8, 4) is 0 Å². The third-order valence-corrected chi connectivity index (χ3v) is 5.71. The van der Waals surface area contributed by atoms with Crippen LogP contribution in [0.4, 0.5) is 8.78 Å². The van der Waals surface area contributed by atoms with Gasteiger partial charge in [-0.3, -0.25) is 0 Å². The normalized spacial score (nSPS) is 20.4. The molecule has 0 bridgehead atoms. The molecule has 0 spiro atoms. The predicted octanol–water partition coefficient (Wildman–Crippen LogP) is 3.14. The smallest absolute Gasteiger partial charge is 0.207 e. The minimum Gasteiger partial charge on any atom is -0.207 e. The fourth-order valence-corrected chi connectivity index (χ4v) is 4.48. The Morgan fingerprint density at radius 3 is 2.80 bits per heavy atom. The van der Waals surface area contributed by atoms with Crippen molar-refractivity contribution < 1.29 is 17.2 Å². The summed E-state index contributed by atoms with van der Waals surface area (Å²) in [5.41, 5.74) is 0. The van der Waals surface area contributed by atoms with Gasteiger partial charge >= 0.3 is 0 Å². The van der Waals surface area contributed by atoms with E-state index in [2.05, 4.69) is 0 Å². The first-order valence-electron chi connectivity index (χ1n) is 6.49. The molecule has 1 aromatic carbocycles. The maximum absolute atomic E-state index is 13.7. The molecule has 0 aliphatic carbocycles. The van der Waals surface area contributed by atoms with Gasteiger partial charge in [0.2, 0.25) is 10.0 Å². The summed E-state index contributed by atoms with van der Waals surface area (Å²) in [7, 11) is -4.00. The van der Waals surface area contributed by atoms with E-state index < -0.39 is 26.6 Å². The molecule has 1 aromatic rings. The molecule has 1 saturated heterocycles. The van der Waals surface area contributed by atoms with Gasteiger partial charge in [0, 0.05) is 18.5 Å². The van der Waals surface area contributed by atoms with Crippen molar-refractivity contribution in [2.45, 2.75) is 36.6 Å². The number of nitrogens with zero attached hydrogens (tertiary/aromatic N) is 1. The zero-order valence-electron chi connectivity index (χ0n) is 10.9. The lowest BCUT2D eigenvalue weighted by Crippen LogP contribution is -2.36. The summed E-state index contributed by atoms with van der Waals surface area (Å²) in [4.78, 5) is -0.588. The van der Waals surface area contributed by atoms with Crippen molar-refractivity contribution in [3.63, 3.8) is 0 Å². The average Bonchev–Trinajstić information content (AvgIpc) is 2.88. The van der Waals surface area contributed by atoms with E-state index in [9.17, 15) is 17.2 Å². The van der Waals surface area contributed by atoms with Gasteiger partial charge in [-0.15, -0.1) is 11.6 Å². The van der Waals surface area contributed by atoms with Crippen LogP contribution in [0.15, 0.2) is 23.1 Å². The molecule has 1 heterocycles. The Kier molecular flexibility index (Phi) is 4.99. The number of hydrogen-bond acceptors (Lipinski definition) is 2. The maximum Gasteiger partial charge on any atom is 0.246 e. The van der Waals surface area contributed by atoms with Crippen molar-refractivity contribution in [3.05, 3.63) is 29.8 Å². The second kappa shape index (κ2) is 6.37. The largest absolute Gasteiger partial charge is 0.246 e. The second-order valence-corrected chi connectivity index (χ2v) is 7.05. The highest BCUT2D eigenvalue weighted by atomic mass is 35.5. The Morgan fingerprint density at radius 1 is 1.35 bits per heavy atom. The average molecular weight is 324 g/mol. The van der Waals surface area contributed by atoms with Gasteiger partial charge < -0.3 is 0 Å². The Morgan fingerprint density at radius 2 is 2.10 bits per heavy atom. The first-order chi connectivity index (χ1) is 9.46. The van der Waals surface area contributed by atoms with Crippen LogP contribution in [0, 0.1) is 11.6 Å². The van der Waals surface area contributed by atoms with Crippen LogP contribution in [0.5, 0.6) is 0 Å². The van der Waals surface area contributed by atoms with Gasteiger partial charge in [0.1, 0.15) is 16.5 Å². The highest BCUT2D eigenvalue weighted by molar-refractivity contribution is 7.89. The fourth-order valence-electron chi connectivity index (χ4n) is 2.53. The predicted molar refractivity (Wildman–Crippen MR) is 73.2 cm³/mol. The summed E-state index contributed by atoms with van der Waals surface area (Å²) in [6.07, 6.45) is 2.79. The first-order valence-corrected chi connectivity index (χ1v) is 8.47. The molecule has 2 rings (SSSR count). The number of hydrogen-bond donors (Lipinski definition) is 0. The molecule has 1 fully saturated rings. The van der Waals surface area contributed by atoms with Gasteiger partial charge in [0.25, 0.3) is 0 Å². The van der Waals surface area contributed by atoms with Crippen LogP contribution < -0.4 is 0 Å². The number of halogens is 3. The van der Waals surface area contributed by atoms with E-state index in [0.29, 0.717) is 25.3 Å². The van der Waals surface area contributed by atoms with Crippen LogP contribution in [0.2, 0.25) is 0 Å². The molecule has 20 heavy (non-hydrogen) atoms. The summed E-state index contributed by atoms with van der Waals surface area (Å²) < 4.78 is 53.1. The van der Waals surface area contributed by atoms with Crippen LogP contribution in [0.3, 0.4) is 0 Å². The number of alkyl halides is 1. The topological polar surface area (TPSA) is 37.4 Å². The van der Waals surface area contributed by atoms with E-state index in [1.165, 1.54) is 4.31 Å². The highest BCUT2D eigenvalue weighted by Gasteiger charge is 2.36. The second-order valence-electron chi connectivity index (χ2n) is 4.82. The lowest BCUT2D eigenvalue weighted by molar-refractivity contribution is 0.366. The molecule has 0 amide bonds. The minimum absolute atomic E-state index is 0.179. The molecule has 1 atom stereocenters. The van der Waals surface area contributed by atoms with Crippen molar-refractivity contribution in [1.29, 1.82) is 0 Å². The molecule has 0 saturated carbocycles. The Balaban J connectivity index is 2.31. The molecular formula is C13H16ClF2NO2S. The van der Waals surface area contributed by atoms with Gasteiger partial charge in [-0.1, -0.05) is 0 Å². The van der Waals surface area contributed by atoms with Crippen molar-refractivity contribution in [2.75, 3.05) is 12.4 Å². The number of benzene rings is 1. The van der Waals surface area contributed by atoms with Crippen LogP contribution >= 0.6 is 11.6 Å². The fraction of sp³-hybridized carbons (Fsp3) is 0.538. The lowest BCUT2D eigenvalue weighted by Gasteiger charge is -2.24. The van der Waals surface area contributed by atoms with E-state index in [0.717, 1.165) is 31.0 Å². The van der Waals surface area contributed by atoms with E-state index in [4.69, 9.17) is 11.6 Å². The summed E-state index contributed by atoms with van der Waals surface area (Å²) in [5.74, 6) is -1.23. The monoisotopic (exact) mass is 323 g/mol. The lowest BCUT2D eigenvalue weighted by atomic mass is 10.1. The quantitative estimate of drug-likeness (QED) is 0.781. The van der Waals surface area contributed by atoms with Crippen LogP contribution in [0.1, 0.15) is 25.7 Å². The Hall–Kier alpha value is -0.720. The molecule has 1 aliphatic rings. The molecule has 7 heteroatoms. The third-order valence-electron chi connectivity index (χ3n) is 3.47. The van der Waals surface area contributed by atoms with Crippen LogP contribution in [-0.2, 0) is 10.0 Å². The molecule has 3 nitrogen and oxygen atoms in total. The van der Waals surface area contributed by atoms with Gasteiger partial charge in [-0.25, -0.2) is 17.2 Å². The zero-order valence-corrected chi connectivity index (χ0v) is 12.4.